The van der Waals surface area contributed by atoms with Crippen LogP contribution >= 0.6 is 27.3 Å². The second-order valence-corrected chi connectivity index (χ2v) is 5.10. The molecule has 3 rings (SSSR count). The first-order valence-electron chi connectivity index (χ1n) is 4.80. The summed E-state index contributed by atoms with van der Waals surface area (Å²) in [4.78, 5) is 4.13. The smallest absolute Gasteiger partial charge is 0.395 e. The molecule has 0 saturated carbocycles. The number of nitrogens with zero attached hydrogens (tertiary/aromatic N) is 1. The highest BCUT2D eigenvalue weighted by molar-refractivity contribution is 9.10. The Morgan fingerprint density at radius 2 is 2.06 bits per heavy atom. The summed E-state index contributed by atoms with van der Waals surface area (Å²) in [6.45, 7) is 0. The Morgan fingerprint density at radius 3 is 2.78 bits per heavy atom. The highest BCUT2D eigenvalue weighted by atomic mass is 79.9. The van der Waals surface area contributed by atoms with Crippen LogP contribution in [0.15, 0.2) is 28.2 Å². The predicted octanol–water partition coefficient (Wildman–Crippen LogP) is 3.97. The molecule has 0 atom stereocenters. The van der Waals surface area contributed by atoms with Crippen molar-refractivity contribution in [3.63, 3.8) is 0 Å². The van der Waals surface area contributed by atoms with E-state index >= 15 is 0 Å². The van der Waals surface area contributed by atoms with E-state index in [2.05, 4.69) is 35.7 Å². The number of rotatable bonds is 2. The van der Waals surface area contributed by atoms with Crippen molar-refractivity contribution in [2.75, 3.05) is 5.32 Å². The Bertz CT molecular complexity index is 605. The van der Waals surface area contributed by atoms with Crippen LogP contribution < -0.4 is 14.8 Å². The van der Waals surface area contributed by atoms with Gasteiger partial charge >= 0.3 is 6.29 Å². The third-order valence-electron chi connectivity index (χ3n) is 2.13. The van der Waals surface area contributed by atoms with Crippen LogP contribution in [0.3, 0.4) is 0 Å². The normalized spacial score (nSPS) is 15.7. The van der Waals surface area contributed by atoms with Crippen LogP contribution in [0.2, 0.25) is 0 Å². The fourth-order valence-corrected chi connectivity index (χ4v) is 2.63. The average Bonchev–Trinajstić information content (AvgIpc) is 2.80. The fraction of sp³-hybridized carbons (Fsp3) is 0.100. The average molecular weight is 335 g/mol. The number of aromatic nitrogens is 1. The van der Waals surface area contributed by atoms with Crippen LogP contribution in [-0.4, -0.2) is 11.3 Å². The van der Waals surface area contributed by atoms with Crippen LogP contribution in [0.25, 0.3) is 0 Å². The predicted molar refractivity (Wildman–Crippen MR) is 65.7 cm³/mol. The van der Waals surface area contributed by atoms with E-state index in [1.54, 1.807) is 6.07 Å². The lowest BCUT2D eigenvalue weighted by molar-refractivity contribution is -0.286. The van der Waals surface area contributed by atoms with Crippen LogP contribution in [-0.2, 0) is 0 Å². The number of nitrogens with one attached hydrogen (secondary N) is 1. The lowest BCUT2D eigenvalue weighted by Crippen LogP contribution is -2.25. The molecule has 0 amide bonds. The quantitative estimate of drug-likeness (QED) is 0.902. The van der Waals surface area contributed by atoms with Crippen LogP contribution in [0, 0.1) is 0 Å². The van der Waals surface area contributed by atoms with Crippen molar-refractivity contribution < 1.29 is 18.3 Å². The number of hydrogen-bond acceptors (Lipinski definition) is 5. The Kier molecular flexibility index (Phi) is 2.63. The fourth-order valence-electron chi connectivity index (χ4n) is 1.46. The minimum atomic E-state index is -3.59. The van der Waals surface area contributed by atoms with Gasteiger partial charge in [-0.15, -0.1) is 20.1 Å². The monoisotopic (exact) mass is 334 g/mol. The molecule has 1 aliphatic heterocycles. The third-order valence-corrected chi connectivity index (χ3v) is 3.60. The minimum absolute atomic E-state index is 0.000576. The number of halogens is 3. The lowest BCUT2D eigenvalue weighted by Gasteiger charge is -2.04. The molecule has 18 heavy (non-hydrogen) atoms. The Morgan fingerprint density at radius 1 is 1.28 bits per heavy atom. The number of benzene rings is 1. The van der Waals surface area contributed by atoms with Gasteiger partial charge in [-0.3, -0.25) is 0 Å². The van der Waals surface area contributed by atoms with Gasteiger partial charge in [0.25, 0.3) is 0 Å². The van der Waals surface area contributed by atoms with Crippen LogP contribution in [0.5, 0.6) is 11.5 Å². The second-order valence-electron chi connectivity index (χ2n) is 3.43. The van der Waals surface area contributed by atoms with E-state index in [0.29, 0.717) is 15.4 Å². The Labute approximate surface area is 113 Å². The van der Waals surface area contributed by atoms with E-state index in [0.717, 1.165) is 0 Å². The van der Waals surface area contributed by atoms with Gasteiger partial charge in [0.05, 0.1) is 0 Å². The zero-order valence-corrected chi connectivity index (χ0v) is 11.0. The maximum atomic E-state index is 12.8. The highest BCUT2D eigenvalue weighted by Crippen LogP contribution is 2.42. The van der Waals surface area contributed by atoms with Crippen molar-refractivity contribution >= 4 is 38.1 Å². The van der Waals surface area contributed by atoms with Crippen molar-refractivity contribution in [3.8, 4) is 11.5 Å². The first-order chi connectivity index (χ1) is 8.52. The molecule has 1 aromatic heterocycles. The van der Waals surface area contributed by atoms with Crippen LogP contribution in [0.1, 0.15) is 0 Å². The molecule has 94 valence electrons. The summed E-state index contributed by atoms with van der Waals surface area (Å²) < 4.78 is 35.0. The highest BCUT2D eigenvalue weighted by Gasteiger charge is 2.43. The molecule has 0 spiro atoms. The van der Waals surface area contributed by atoms with Gasteiger partial charge in [-0.25, -0.2) is 4.98 Å². The first-order valence-corrected chi connectivity index (χ1v) is 6.47. The lowest BCUT2D eigenvalue weighted by atomic mass is 10.3. The largest absolute Gasteiger partial charge is 0.586 e. The zero-order valence-electron chi connectivity index (χ0n) is 8.62. The summed E-state index contributed by atoms with van der Waals surface area (Å²) >= 11 is 4.61. The van der Waals surface area contributed by atoms with Crippen molar-refractivity contribution in [1.82, 2.24) is 4.98 Å². The molecule has 1 aliphatic rings. The molecule has 0 radical (unpaired) electrons. The van der Waals surface area contributed by atoms with Gasteiger partial charge in [-0.05, 0) is 28.1 Å². The molecule has 8 heteroatoms. The number of thiazole rings is 1. The second kappa shape index (κ2) is 4.06. The van der Waals surface area contributed by atoms with E-state index in [1.807, 2.05) is 5.38 Å². The summed E-state index contributed by atoms with van der Waals surface area (Å²) in [6.07, 6.45) is -3.59. The maximum Gasteiger partial charge on any atom is 0.586 e. The molecule has 4 nitrogen and oxygen atoms in total. The molecule has 0 saturated heterocycles. The van der Waals surface area contributed by atoms with E-state index in [-0.39, 0.29) is 11.5 Å². The molecular formula is C10H5BrF2N2O2S. The molecule has 0 bridgehead atoms. The SMILES string of the molecule is FC1(F)Oc2ccc(Nc3nc(Br)cs3)cc2O1. The van der Waals surface area contributed by atoms with E-state index in [4.69, 9.17) is 0 Å². The van der Waals surface area contributed by atoms with Crippen molar-refractivity contribution in [1.29, 1.82) is 0 Å². The topological polar surface area (TPSA) is 43.4 Å². The van der Waals surface area contributed by atoms with Gasteiger partial charge < -0.3 is 14.8 Å². The number of alkyl halides is 2. The van der Waals surface area contributed by atoms with Gasteiger partial charge in [0.1, 0.15) is 4.60 Å². The number of fused-ring (bicyclic) bond motifs is 1. The molecule has 2 heterocycles. The molecule has 1 aromatic carbocycles. The van der Waals surface area contributed by atoms with Gasteiger partial charge in [-0.1, -0.05) is 0 Å². The van der Waals surface area contributed by atoms with Crippen molar-refractivity contribution in [2.45, 2.75) is 6.29 Å². The Hall–Kier alpha value is -1.41. The molecule has 0 fully saturated rings. The van der Waals surface area contributed by atoms with E-state index in [1.165, 1.54) is 23.5 Å². The van der Waals surface area contributed by atoms with Gasteiger partial charge in [0.2, 0.25) is 0 Å². The summed E-state index contributed by atoms with van der Waals surface area (Å²) in [6, 6.07) is 4.46. The number of ether oxygens (including phenoxy) is 2. The van der Waals surface area contributed by atoms with Crippen molar-refractivity contribution in [3.05, 3.63) is 28.2 Å². The maximum absolute atomic E-state index is 12.8. The summed E-state index contributed by atoms with van der Waals surface area (Å²) in [5.74, 6) is 0.0199. The summed E-state index contributed by atoms with van der Waals surface area (Å²) in [5.41, 5.74) is 0.594. The van der Waals surface area contributed by atoms with Gasteiger partial charge in [0, 0.05) is 17.1 Å². The Balaban J connectivity index is 1.84. The number of hydrogen-bond donors (Lipinski definition) is 1. The van der Waals surface area contributed by atoms with E-state index < -0.39 is 6.29 Å². The zero-order chi connectivity index (χ0) is 12.8. The van der Waals surface area contributed by atoms with Gasteiger partial charge in [0.15, 0.2) is 16.6 Å². The summed E-state index contributed by atoms with van der Waals surface area (Å²) in [5, 5.41) is 5.43. The standard InChI is InChI=1S/C10H5BrF2N2O2S/c11-8-4-18-9(15-8)14-5-1-2-6-7(3-5)17-10(12,13)16-6/h1-4H,(H,14,15). The van der Waals surface area contributed by atoms with Gasteiger partial charge in [-0.2, -0.15) is 0 Å². The third kappa shape index (κ3) is 2.25. The molecule has 1 N–H and O–H groups in total. The molecule has 2 aromatic rings. The van der Waals surface area contributed by atoms with E-state index in [9.17, 15) is 8.78 Å². The summed E-state index contributed by atoms with van der Waals surface area (Å²) in [7, 11) is 0. The number of anilines is 2. The van der Waals surface area contributed by atoms with Crippen molar-refractivity contribution in [2.24, 2.45) is 0 Å². The molecule has 0 unspecified atom stereocenters. The molecular weight excluding hydrogens is 330 g/mol. The first kappa shape index (κ1) is 11.7. The van der Waals surface area contributed by atoms with Crippen LogP contribution in [0.4, 0.5) is 19.6 Å². The minimum Gasteiger partial charge on any atom is -0.395 e. The molecule has 0 aliphatic carbocycles.